The predicted octanol–water partition coefficient (Wildman–Crippen LogP) is 13.6. The molecule has 0 unspecified atom stereocenters. The monoisotopic (exact) mass is 654 g/mol. The highest BCUT2D eigenvalue weighted by Crippen LogP contribution is 2.08. The molecule has 5 heteroatoms. The van der Waals surface area contributed by atoms with E-state index in [1.807, 2.05) is 127 Å². The van der Waals surface area contributed by atoms with Crippen molar-refractivity contribution >= 4 is 32.8 Å². The molecule has 0 atom stereocenters. The Balaban J connectivity index is -0.000000512. The topological polar surface area (TPSA) is 64.5 Å². The molecule has 0 aliphatic rings. The number of fused-ring (bicyclic) bond motifs is 3. The standard InChI is InChI=1S/C9H7N.2C8H6N2.3C4H10.3C2H6/c1-2-6-9-8(4-1)5-3-7-10-9;1-2-4-8-7(3-1)9-5-6-10-8;1-2-4-8-7(3-1)5-6-9-10-8;3*1-4(2)3;3*1-2/h1-7H;2*1-6H;3*4H,1-3H3;3*1-2H3. The molecular formula is C43H67N5. The van der Waals surface area contributed by atoms with Gasteiger partial charge < -0.3 is 0 Å². The molecule has 6 rings (SSSR count). The van der Waals surface area contributed by atoms with E-state index in [2.05, 4.69) is 99.6 Å². The molecular weight excluding hydrogens is 587 g/mol. The number of nitrogens with zero attached hydrogens (tertiary/aromatic N) is 5. The Morgan fingerprint density at radius 2 is 0.646 bits per heavy atom. The lowest BCUT2D eigenvalue weighted by Crippen LogP contribution is -1.79. The number of pyridine rings is 1. The van der Waals surface area contributed by atoms with Gasteiger partial charge >= 0.3 is 0 Å². The summed E-state index contributed by atoms with van der Waals surface area (Å²) in [5.41, 5.74) is 3.91. The van der Waals surface area contributed by atoms with Crippen LogP contribution in [0.25, 0.3) is 32.8 Å². The van der Waals surface area contributed by atoms with Crippen LogP contribution in [0.2, 0.25) is 0 Å². The maximum atomic E-state index is 4.18. The van der Waals surface area contributed by atoms with Crippen molar-refractivity contribution in [2.24, 2.45) is 17.8 Å². The predicted molar refractivity (Wildman–Crippen MR) is 216 cm³/mol. The van der Waals surface area contributed by atoms with Gasteiger partial charge in [-0.15, -0.1) is 0 Å². The molecule has 3 aromatic carbocycles. The molecule has 0 amide bonds. The van der Waals surface area contributed by atoms with Crippen molar-refractivity contribution in [3.63, 3.8) is 0 Å². The van der Waals surface area contributed by atoms with E-state index >= 15 is 0 Å². The minimum atomic E-state index is 0.833. The van der Waals surface area contributed by atoms with Crippen molar-refractivity contribution in [1.29, 1.82) is 0 Å². The smallest absolute Gasteiger partial charge is 0.0929 e. The molecule has 0 fully saturated rings. The molecule has 5 nitrogen and oxygen atoms in total. The number of rotatable bonds is 0. The third kappa shape index (κ3) is 28.0. The van der Waals surface area contributed by atoms with E-state index in [-0.39, 0.29) is 0 Å². The molecule has 0 saturated heterocycles. The Bertz CT molecular complexity index is 1130. The van der Waals surface area contributed by atoms with E-state index in [9.17, 15) is 0 Å². The molecule has 6 aromatic rings. The molecule has 48 heavy (non-hydrogen) atoms. The number of aromatic nitrogens is 5. The van der Waals surface area contributed by atoms with Gasteiger partial charge in [-0.3, -0.25) is 15.0 Å². The van der Waals surface area contributed by atoms with Crippen LogP contribution in [0.4, 0.5) is 0 Å². The van der Waals surface area contributed by atoms with Crippen molar-refractivity contribution in [2.45, 2.75) is 104 Å². The first-order valence-electron chi connectivity index (χ1n) is 17.7. The summed E-state index contributed by atoms with van der Waals surface area (Å²) >= 11 is 0. The number of para-hydroxylation sites is 3. The molecule has 0 N–H and O–H groups in total. The molecule has 3 heterocycles. The van der Waals surface area contributed by atoms with Crippen LogP contribution in [0.3, 0.4) is 0 Å². The maximum absolute atomic E-state index is 4.18. The third-order valence-corrected chi connectivity index (χ3v) is 4.31. The van der Waals surface area contributed by atoms with Gasteiger partial charge in [0.2, 0.25) is 0 Å². The molecule has 0 radical (unpaired) electrons. The second-order valence-electron chi connectivity index (χ2n) is 11.5. The largest absolute Gasteiger partial charge is 0.256 e. The van der Waals surface area contributed by atoms with Gasteiger partial charge in [0.25, 0.3) is 0 Å². The lowest BCUT2D eigenvalue weighted by atomic mass is 10.2. The summed E-state index contributed by atoms with van der Waals surface area (Å²) in [4.78, 5) is 12.4. The highest BCUT2D eigenvalue weighted by Gasteiger charge is 1.89. The zero-order valence-electron chi connectivity index (χ0n) is 32.9. The van der Waals surface area contributed by atoms with Crippen LogP contribution in [-0.4, -0.2) is 25.1 Å². The van der Waals surface area contributed by atoms with Gasteiger partial charge in [-0.1, -0.05) is 158 Å². The van der Waals surface area contributed by atoms with Gasteiger partial charge in [0.05, 0.1) is 28.3 Å². The molecule has 0 saturated carbocycles. The third-order valence-electron chi connectivity index (χ3n) is 4.31. The van der Waals surface area contributed by atoms with Crippen molar-refractivity contribution in [1.82, 2.24) is 25.1 Å². The number of hydrogen-bond acceptors (Lipinski definition) is 5. The highest BCUT2D eigenvalue weighted by atomic mass is 15.1. The Labute approximate surface area is 294 Å². The summed E-state index contributed by atoms with van der Waals surface area (Å²) in [5.74, 6) is 2.50. The SMILES string of the molecule is CC.CC.CC.CC(C)C.CC(C)C.CC(C)C.c1ccc2ncccc2c1.c1ccc2nccnc2c1.c1ccc2nnccc2c1. The number of hydrogen-bond donors (Lipinski definition) is 0. The summed E-state index contributed by atoms with van der Waals surface area (Å²) in [7, 11) is 0. The summed E-state index contributed by atoms with van der Waals surface area (Å²) in [5, 5.41) is 10.0. The fourth-order valence-electron chi connectivity index (χ4n) is 2.85. The van der Waals surface area contributed by atoms with Crippen LogP contribution in [0.5, 0.6) is 0 Å². The van der Waals surface area contributed by atoms with Crippen molar-refractivity contribution in [2.75, 3.05) is 0 Å². The molecule has 0 bridgehead atoms. The first-order valence-corrected chi connectivity index (χ1v) is 17.7. The first kappa shape index (κ1) is 48.1. The van der Waals surface area contributed by atoms with Crippen LogP contribution in [-0.2, 0) is 0 Å². The Hall–Kier alpha value is -4.25. The normalized spacial score (nSPS) is 8.88. The Kier molecular flexibility index (Phi) is 34.2. The summed E-state index contributed by atoms with van der Waals surface area (Å²) in [6.45, 7) is 31.5. The van der Waals surface area contributed by atoms with Crippen molar-refractivity contribution < 1.29 is 0 Å². The quantitative estimate of drug-likeness (QED) is 0.163. The fourth-order valence-corrected chi connectivity index (χ4v) is 2.85. The average molecular weight is 654 g/mol. The van der Waals surface area contributed by atoms with Gasteiger partial charge in [0.15, 0.2) is 0 Å². The second kappa shape index (κ2) is 34.1. The van der Waals surface area contributed by atoms with Crippen LogP contribution >= 0.6 is 0 Å². The van der Waals surface area contributed by atoms with Gasteiger partial charge in [0.1, 0.15) is 0 Å². The van der Waals surface area contributed by atoms with Crippen LogP contribution in [0.15, 0.2) is 116 Å². The average Bonchev–Trinajstić information content (AvgIpc) is 3.11. The molecule has 0 aliphatic carbocycles. The van der Waals surface area contributed by atoms with E-state index in [1.165, 1.54) is 5.39 Å². The molecule has 3 aromatic heterocycles. The summed E-state index contributed by atoms with van der Waals surface area (Å²) < 4.78 is 0. The highest BCUT2D eigenvalue weighted by molar-refractivity contribution is 5.78. The van der Waals surface area contributed by atoms with Gasteiger partial charge in [0, 0.05) is 29.4 Å². The fraction of sp³-hybridized carbons (Fsp3) is 0.419. The van der Waals surface area contributed by atoms with Crippen LogP contribution in [0, 0.1) is 17.8 Å². The minimum Gasteiger partial charge on any atom is -0.256 e. The van der Waals surface area contributed by atoms with E-state index < -0.39 is 0 Å². The van der Waals surface area contributed by atoms with E-state index in [4.69, 9.17) is 0 Å². The van der Waals surface area contributed by atoms with Gasteiger partial charge in [-0.25, -0.2) is 0 Å². The minimum absolute atomic E-state index is 0.833. The lowest BCUT2D eigenvalue weighted by Gasteiger charge is -1.91. The van der Waals surface area contributed by atoms with Crippen molar-refractivity contribution in [3.8, 4) is 0 Å². The number of benzene rings is 3. The summed E-state index contributed by atoms with van der Waals surface area (Å²) in [6.07, 6.45) is 6.90. The summed E-state index contributed by atoms with van der Waals surface area (Å²) in [6, 6.07) is 29.7. The Morgan fingerprint density at radius 3 is 1.04 bits per heavy atom. The molecule has 0 aliphatic heterocycles. The van der Waals surface area contributed by atoms with Crippen LogP contribution in [0.1, 0.15) is 104 Å². The first-order chi connectivity index (χ1) is 23.1. The van der Waals surface area contributed by atoms with Gasteiger partial charge in [-0.05, 0) is 54.2 Å². The second-order valence-corrected chi connectivity index (χ2v) is 11.5. The molecule has 264 valence electrons. The lowest BCUT2D eigenvalue weighted by molar-refractivity contribution is 0.736. The Morgan fingerprint density at radius 1 is 0.333 bits per heavy atom. The molecule has 0 spiro atoms. The van der Waals surface area contributed by atoms with Crippen LogP contribution < -0.4 is 0 Å². The zero-order chi connectivity index (χ0) is 37.2. The zero-order valence-corrected chi connectivity index (χ0v) is 32.9. The maximum Gasteiger partial charge on any atom is 0.0929 e. The van der Waals surface area contributed by atoms with E-state index in [0.717, 1.165) is 45.2 Å². The van der Waals surface area contributed by atoms with E-state index in [1.54, 1.807) is 18.6 Å². The van der Waals surface area contributed by atoms with Crippen molar-refractivity contribution in [3.05, 3.63) is 116 Å². The van der Waals surface area contributed by atoms with Gasteiger partial charge in [-0.2, -0.15) is 10.2 Å². The van der Waals surface area contributed by atoms with E-state index in [0.29, 0.717) is 0 Å².